The molecule has 2 unspecified atom stereocenters. The summed E-state index contributed by atoms with van der Waals surface area (Å²) in [7, 11) is 1.17. The Balaban J connectivity index is 3.40. The molecule has 0 spiro atoms. The van der Waals surface area contributed by atoms with Crippen LogP contribution >= 0.6 is 0 Å². The third-order valence-electron chi connectivity index (χ3n) is 4.93. The van der Waals surface area contributed by atoms with Gasteiger partial charge >= 0.3 is 12.1 Å². The van der Waals surface area contributed by atoms with Crippen LogP contribution < -0.4 is 10.6 Å². The van der Waals surface area contributed by atoms with Crippen LogP contribution in [0.15, 0.2) is 18.2 Å². The molecule has 0 bridgehead atoms. The summed E-state index contributed by atoms with van der Waals surface area (Å²) in [6, 6.07) is 2.49. The number of carbonyl (C=O) groups is 4. The molecule has 0 heterocycles. The predicted molar refractivity (Wildman–Crippen MR) is 123 cm³/mol. The summed E-state index contributed by atoms with van der Waals surface area (Å²) in [5.41, 5.74) is 1.19. The first-order valence-corrected chi connectivity index (χ1v) is 10.8. The number of nitrogens with one attached hydrogen (secondary N) is 2. The maximum absolute atomic E-state index is 13.4. The highest BCUT2D eigenvalue weighted by Crippen LogP contribution is 2.27. The van der Waals surface area contributed by atoms with Crippen LogP contribution in [0.2, 0.25) is 0 Å². The number of carbonyl (C=O) groups excluding carboxylic acids is 4. The van der Waals surface area contributed by atoms with Crippen molar-refractivity contribution in [3.05, 3.63) is 34.9 Å². The number of benzene rings is 1. The number of nitrogens with zero attached hydrogens (tertiary/aromatic N) is 1. The first-order valence-electron chi connectivity index (χ1n) is 10.8. The molecule has 0 aliphatic rings. The van der Waals surface area contributed by atoms with Gasteiger partial charge in [-0.2, -0.15) is 0 Å². The molecule has 1 rings (SSSR count). The molecule has 1 aromatic rings. The lowest BCUT2D eigenvalue weighted by Crippen LogP contribution is -2.55. The van der Waals surface area contributed by atoms with E-state index in [0.717, 1.165) is 16.0 Å². The number of alkyl carbamates (subject to hydrolysis) is 1. The number of hydrogen-bond donors (Lipinski definition) is 4. The van der Waals surface area contributed by atoms with Crippen LogP contribution in [0.5, 0.6) is 0 Å². The number of esters is 1. The second kappa shape index (κ2) is 12.9. The standard InChI is InChI=1S/C23H35N3O8/c1-14-8-7-9-16(15(14)2)19(20(30)24-12-18(29)33-6)26(10-11-27)21(31)17(13-28)25-22(32)34-23(3,4)5/h7-9,17,19,27-28H,10-13H2,1-6H3,(H,24,30)(H,25,32). The number of aryl methyl sites for hydroxylation is 1. The van der Waals surface area contributed by atoms with Gasteiger partial charge in [0.15, 0.2) is 0 Å². The van der Waals surface area contributed by atoms with E-state index in [1.165, 1.54) is 7.11 Å². The van der Waals surface area contributed by atoms with E-state index in [4.69, 9.17) is 4.74 Å². The molecule has 0 fully saturated rings. The van der Waals surface area contributed by atoms with E-state index in [2.05, 4.69) is 15.4 Å². The average Bonchev–Trinajstić information content (AvgIpc) is 2.76. The summed E-state index contributed by atoms with van der Waals surface area (Å²) in [6.07, 6.45) is -0.928. The molecule has 0 aromatic heterocycles. The molecule has 0 saturated heterocycles. The molecule has 190 valence electrons. The summed E-state index contributed by atoms with van der Waals surface area (Å²) in [5.74, 6) is -2.20. The highest BCUT2D eigenvalue weighted by molar-refractivity contribution is 5.93. The van der Waals surface area contributed by atoms with Gasteiger partial charge in [0.25, 0.3) is 0 Å². The van der Waals surface area contributed by atoms with Crippen molar-refractivity contribution >= 4 is 23.9 Å². The molecular formula is C23H35N3O8. The van der Waals surface area contributed by atoms with Crippen molar-refractivity contribution in [3.63, 3.8) is 0 Å². The number of aliphatic hydroxyl groups is 2. The Morgan fingerprint density at radius 2 is 1.76 bits per heavy atom. The maximum Gasteiger partial charge on any atom is 0.408 e. The highest BCUT2D eigenvalue weighted by Gasteiger charge is 2.36. The van der Waals surface area contributed by atoms with Crippen LogP contribution in [0.1, 0.15) is 43.5 Å². The van der Waals surface area contributed by atoms with Gasteiger partial charge in [-0.05, 0) is 51.3 Å². The van der Waals surface area contributed by atoms with Crippen LogP contribution in [0.3, 0.4) is 0 Å². The monoisotopic (exact) mass is 481 g/mol. The first kappa shape index (κ1) is 28.9. The largest absolute Gasteiger partial charge is 0.468 e. The Morgan fingerprint density at radius 1 is 1.12 bits per heavy atom. The van der Waals surface area contributed by atoms with Crippen LogP contribution in [0.25, 0.3) is 0 Å². The van der Waals surface area contributed by atoms with Gasteiger partial charge in [-0.3, -0.25) is 14.4 Å². The molecular weight excluding hydrogens is 446 g/mol. The number of rotatable bonds is 10. The van der Waals surface area contributed by atoms with E-state index in [1.807, 2.05) is 13.0 Å². The lowest BCUT2D eigenvalue weighted by Gasteiger charge is -2.34. The maximum atomic E-state index is 13.4. The van der Waals surface area contributed by atoms with Crippen molar-refractivity contribution in [3.8, 4) is 0 Å². The number of hydrogen-bond acceptors (Lipinski definition) is 8. The first-order chi connectivity index (χ1) is 15.9. The van der Waals surface area contributed by atoms with E-state index < -0.39 is 61.3 Å². The Bertz CT molecular complexity index is 881. The second-order valence-corrected chi connectivity index (χ2v) is 8.62. The minimum absolute atomic E-state index is 0.283. The topological polar surface area (TPSA) is 154 Å². The number of amides is 3. The van der Waals surface area contributed by atoms with Crippen LogP contribution in [0, 0.1) is 13.8 Å². The van der Waals surface area contributed by atoms with Crippen molar-refractivity contribution in [2.75, 3.05) is 33.4 Å². The quantitative estimate of drug-likeness (QED) is 0.349. The molecule has 11 nitrogen and oxygen atoms in total. The fourth-order valence-corrected chi connectivity index (χ4v) is 3.16. The summed E-state index contributed by atoms with van der Waals surface area (Å²) in [5, 5.41) is 24.2. The summed E-state index contributed by atoms with van der Waals surface area (Å²) >= 11 is 0. The summed E-state index contributed by atoms with van der Waals surface area (Å²) in [6.45, 7) is 6.54. The van der Waals surface area contributed by atoms with Gasteiger partial charge in [-0.25, -0.2) is 4.79 Å². The smallest absolute Gasteiger partial charge is 0.408 e. The molecule has 11 heteroatoms. The van der Waals surface area contributed by atoms with Crippen molar-refractivity contribution in [2.45, 2.75) is 52.3 Å². The SMILES string of the molecule is COC(=O)CNC(=O)C(c1cccc(C)c1C)N(CCO)C(=O)C(CO)NC(=O)OC(C)(C)C. The third-order valence-corrected chi connectivity index (χ3v) is 4.93. The Hall–Kier alpha value is -3.18. The second-order valence-electron chi connectivity index (χ2n) is 8.62. The zero-order valence-corrected chi connectivity index (χ0v) is 20.5. The molecule has 2 atom stereocenters. The van der Waals surface area contributed by atoms with Gasteiger partial charge in [-0.1, -0.05) is 18.2 Å². The minimum Gasteiger partial charge on any atom is -0.468 e. The lowest BCUT2D eigenvalue weighted by molar-refractivity contribution is -0.145. The molecule has 1 aromatic carbocycles. The lowest BCUT2D eigenvalue weighted by atomic mass is 9.95. The molecule has 0 aliphatic carbocycles. The highest BCUT2D eigenvalue weighted by atomic mass is 16.6. The number of aliphatic hydroxyl groups excluding tert-OH is 2. The van der Waals surface area contributed by atoms with Gasteiger partial charge in [0.2, 0.25) is 11.8 Å². The van der Waals surface area contributed by atoms with Gasteiger partial charge in [-0.15, -0.1) is 0 Å². The Kier molecular flexibility index (Phi) is 10.9. The van der Waals surface area contributed by atoms with Gasteiger partial charge in [0.05, 0.1) is 20.3 Å². The van der Waals surface area contributed by atoms with Crippen LogP contribution in [-0.4, -0.2) is 84.0 Å². The van der Waals surface area contributed by atoms with E-state index in [1.54, 1.807) is 39.8 Å². The summed E-state index contributed by atoms with van der Waals surface area (Å²) in [4.78, 5) is 51.4. The Labute approximate surface area is 199 Å². The van der Waals surface area contributed by atoms with Crippen LogP contribution in [-0.2, 0) is 23.9 Å². The Morgan fingerprint density at radius 3 is 2.29 bits per heavy atom. The predicted octanol–water partition coefficient (Wildman–Crippen LogP) is 0.340. The fraction of sp³-hybridized carbons (Fsp3) is 0.565. The molecule has 3 amide bonds. The summed E-state index contributed by atoms with van der Waals surface area (Å²) < 4.78 is 9.71. The molecule has 0 saturated carbocycles. The fourth-order valence-electron chi connectivity index (χ4n) is 3.16. The van der Waals surface area contributed by atoms with Crippen molar-refractivity contribution in [1.29, 1.82) is 0 Å². The molecule has 0 radical (unpaired) electrons. The van der Waals surface area contributed by atoms with Gasteiger partial charge < -0.3 is 35.2 Å². The zero-order valence-electron chi connectivity index (χ0n) is 20.5. The zero-order chi connectivity index (χ0) is 26.1. The van der Waals surface area contributed by atoms with Crippen molar-refractivity contribution < 1.29 is 38.9 Å². The van der Waals surface area contributed by atoms with Crippen LogP contribution in [0.4, 0.5) is 4.79 Å². The van der Waals surface area contributed by atoms with Gasteiger partial charge in [0.1, 0.15) is 24.2 Å². The van der Waals surface area contributed by atoms with E-state index in [9.17, 15) is 29.4 Å². The normalized spacial score (nSPS) is 12.8. The van der Waals surface area contributed by atoms with E-state index in [-0.39, 0.29) is 6.54 Å². The average molecular weight is 482 g/mol. The van der Waals surface area contributed by atoms with E-state index in [0.29, 0.717) is 5.56 Å². The van der Waals surface area contributed by atoms with Crippen molar-refractivity contribution in [1.82, 2.24) is 15.5 Å². The van der Waals surface area contributed by atoms with E-state index >= 15 is 0 Å². The molecule has 0 aliphatic heterocycles. The minimum atomic E-state index is -1.44. The number of ether oxygens (including phenoxy) is 2. The third kappa shape index (κ3) is 8.31. The van der Waals surface area contributed by atoms with Gasteiger partial charge in [0, 0.05) is 6.54 Å². The molecule has 34 heavy (non-hydrogen) atoms. The van der Waals surface area contributed by atoms with Crippen molar-refractivity contribution in [2.24, 2.45) is 0 Å². The molecule has 4 N–H and O–H groups in total. The number of methoxy groups -OCH3 is 1.